The Hall–Kier alpha value is -1.33. The first-order valence-corrected chi connectivity index (χ1v) is 6.41. The molecule has 6 heteroatoms. The van der Waals surface area contributed by atoms with Crippen LogP contribution in [0.4, 0.5) is 0 Å². The Bertz CT molecular complexity index is 494. The lowest BCUT2D eigenvalue weighted by molar-refractivity contribution is 0.0920. The van der Waals surface area contributed by atoms with Crippen molar-refractivity contribution in [1.29, 1.82) is 0 Å². The molecule has 3 atom stereocenters. The molecule has 96 valence electrons. The molecule has 1 amide bonds. The van der Waals surface area contributed by atoms with Crippen molar-refractivity contribution < 1.29 is 9.90 Å². The Labute approximate surface area is 110 Å². The third-order valence-corrected chi connectivity index (χ3v) is 4.02. The number of rotatable bonds is 2. The Balaban J connectivity index is 1.69. The van der Waals surface area contributed by atoms with Crippen molar-refractivity contribution in [1.82, 2.24) is 15.6 Å². The molecule has 1 aromatic heterocycles. The van der Waals surface area contributed by atoms with E-state index in [4.69, 9.17) is 11.6 Å². The summed E-state index contributed by atoms with van der Waals surface area (Å²) in [7, 11) is 0. The molecule has 0 aromatic carbocycles. The van der Waals surface area contributed by atoms with Gasteiger partial charge in [0.2, 0.25) is 0 Å². The number of carbonyl (C=O) groups is 1. The second kappa shape index (κ2) is 4.40. The van der Waals surface area contributed by atoms with Gasteiger partial charge >= 0.3 is 0 Å². The van der Waals surface area contributed by atoms with Crippen LogP contribution in [0.1, 0.15) is 23.3 Å². The summed E-state index contributed by atoms with van der Waals surface area (Å²) in [5, 5.41) is 15.6. The van der Waals surface area contributed by atoms with E-state index in [1.807, 2.05) is 0 Å². The number of pyridine rings is 1. The fourth-order valence-corrected chi connectivity index (χ4v) is 2.96. The van der Waals surface area contributed by atoms with Crippen molar-refractivity contribution in [2.24, 2.45) is 5.92 Å². The fraction of sp³-hybridized carbons (Fsp3) is 0.500. The van der Waals surface area contributed by atoms with Crippen molar-refractivity contribution in [3.63, 3.8) is 0 Å². The number of piperidine rings is 1. The number of nitrogens with zero attached hydrogens (tertiary/aromatic N) is 1. The Morgan fingerprint density at radius 3 is 2.94 bits per heavy atom. The lowest BCUT2D eigenvalue weighted by Gasteiger charge is -2.23. The van der Waals surface area contributed by atoms with E-state index in [2.05, 4.69) is 15.6 Å². The highest BCUT2D eigenvalue weighted by Crippen LogP contribution is 2.31. The predicted octanol–water partition coefficient (Wildman–Crippen LogP) is 0.921. The maximum Gasteiger partial charge on any atom is 0.270 e. The average molecular weight is 268 g/mol. The van der Waals surface area contributed by atoms with Gasteiger partial charge in [-0.15, -0.1) is 0 Å². The molecule has 5 nitrogen and oxygen atoms in total. The van der Waals surface area contributed by atoms with Gasteiger partial charge in [-0.1, -0.05) is 11.6 Å². The minimum absolute atomic E-state index is 0.0442. The molecule has 1 aliphatic heterocycles. The molecule has 2 aliphatic rings. The van der Waals surface area contributed by atoms with E-state index in [0.717, 1.165) is 19.4 Å². The van der Waals surface area contributed by atoms with E-state index in [1.165, 1.54) is 12.1 Å². The van der Waals surface area contributed by atoms with Gasteiger partial charge in [-0.05, 0) is 30.9 Å². The summed E-state index contributed by atoms with van der Waals surface area (Å²) in [6.45, 7) is 0.972. The zero-order valence-corrected chi connectivity index (χ0v) is 10.4. The molecule has 2 fully saturated rings. The fourth-order valence-electron chi connectivity index (χ4n) is 2.81. The van der Waals surface area contributed by atoms with Gasteiger partial charge < -0.3 is 15.7 Å². The van der Waals surface area contributed by atoms with Crippen molar-refractivity contribution in [3.8, 4) is 5.75 Å². The van der Waals surface area contributed by atoms with Gasteiger partial charge in [0, 0.05) is 18.6 Å². The van der Waals surface area contributed by atoms with E-state index in [1.54, 1.807) is 0 Å². The number of halogens is 1. The summed E-state index contributed by atoms with van der Waals surface area (Å²) < 4.78 is 0. The van der Waals surface area contributed by atoms with Gasteiger partial charge in [-0.25, -0.2) is 4.98 Å². The zero-order valence-electron chi connectivity index (χ0n) is 9.69. The van der Waals surface area contributed by atoms with Gasteiger partial charge in [0.25, 0.3) is 5.91 Å². The molecule has 1 aliphatic carbocycles. The van der Waals surface area contributed by atoms with Gasteiger partial charge in [-0.2, -0.15) is 0 Å². The van der Waals surface area contributed by atoms with Gasteiger partial charge in [0.05, 0.1) is 0 Å². The molecule has 18 heavy (non-hydrogen) atoms. The average Bonchev–Trinajstić information content (AvgIpc) is 2.94. The Morgan fingerprint density at radius 2 is 2.33 bits per heavy atom. The molecule has 3 rings (SSSR count). The minimum Gasteiger partial charge on any atom is -0.505 e. The van der Waals surface area contributed by atoms with E-state index in [9.17, 15) is 9.90 Å². The molecular formula is C12H14ClN3O2. The number of hydrogen-bond donors (Lipinski definition) is 3. The van der Waals surface area contributed by atoms with Crippen LogP contribution in [0, 0.1) is 5.92 Å². The molecule has 0 radical (unpaired) electrons. The van der Waals surface area contributed by atoms with Crippen molar-refractivity contribution in [2.45, 2.75) is 24.9 Å². The molecule has 1 aromatic rings. The van der Waals surface area contributed by atoms with E-state index in [0.29, 0.717) is 12.0 Å². The SMILES string of the molecule is O=C(NC1CC2CC1CN2)c1ccc(O)c(Cl)n1. The van der Waals surface area contributed by atoms with E-state index >= 15 is 0 Å². The predicted molar refractivity (Wildman–Crippen MR) is 66.7 cm³/mol. The first-order valence-electron chi connectivity index (χ1n) is 6.03. The number of carbonyl (C=O) groups excluding carboxylic acids is 1. The number of hydrogen-bond acceptors (Lipinski definition) is 4. The van der Waals surface area contributed by atoms with Crippen LogP contribution in [0.15, 0.2) is 12.1 Å². The molecular weight excluding hydrogens is 254 g/mol. The topological polar surface area (TPSA) is 74.2 Å². The standard InChI is InChI=1S/C12H14ClN3O2/c13-11-10(17)2-1-8(15-11)12(18)16-9-4-7-3-6(9)5-14-7/h1-2,6-7,9,14,17H,3-5H2,(H,16,18). The maximum atomic E-state index is 12.0. The van der Waals surface area contributed by atoms with Gasteiger partial charge in [0.15, 0.2) is 10.9 Å². The third kappa shape index (κ3) is 2.04. The quantitative estimate of drug-likeness (QED) is 0.697. The number of nitrogens with one attached hydrogen (secondary N) is 2. The molecule has 2 heterocycles. The van der Waals surface area contributed by atoms with Crippen LogP contribution in [-0.4, -0.2) is 34.6 Å². The van der Waals surface area contributed by atoms with Gasteiger partial charge in [0.1, 0.15) is 5.69 Å². The molecule has 3 N–H and O–H groups in total. The lowest BCUT2D eigenvalue weighted by Crippen LogP contribution is -2.44. The van der Waals surface area contributed by atoms with Crippen LogP contribution in [0.3, 0.4) is 0 Å². The molecule has 0 spiro atoms. The van der Waals surface area contributed by atoms with Crippen molar-refractivity contribution in [2.75, 3.05) is 6.54 Å². The minimum atomic E-state index is -0.227. The normalized spacial score (nSPS) is 29.5. The third-order valence-electron chi connectivity index (χ3n) is 3.74. The summed E-state index contributed by atoms with van der Waals surface area (Å²) in [4.78, 5) is 15.9. The summed E-state index contributed by atoms with van der Waals surface area (Å²) in [5.41, 5.74) is 0.244. The number of fused-ring (bicyclic) bond motifs is 2. The maximum absolute atomic E-state index is 12.0. The Morgan fingerprint density at radius 1 is 1.50 bits per heavy atom. The Kier molecular flexibility index (Phi) is 2.87. The number of aromatic hydroxyl groups is 1. The first-order chi connectivity index (χ1) is 8.63. The van der Waals surface area contributed by atoms with Crippen LogP contribution in [0.2, 0.25) is 5.15 Å². The number of aromatic nitrogens is 1. The smallest absolute Gasteiger partial charge is 0.270 e. The van der Waals surface area contributed by atoms with E-state index in [-0.39, 0.29) is 28.5 Å². The van der Waals surface area contributed by atoms with Crippen molar-refractivity contribution in [3.05, 3.63) is 23.0 Å². The van der Waals surface area contributed by atoms with Crippen LogP contribution in [0.5, 0.6) is 5.75 Å². The van der Waals surface area contributed by atoms with E-state index < -0.39 is 0 Å². The largest absolute Gasteiger partial charge is 0.505 e. The summed E-state index contributed by atoms with van der Waals surface area (Å²) in [6.07, 6.45) is 2.11. The first kappa shape index (κ1) is 11.7. The monoisotopic (exact) mass is 267 g/mol. The molecule has 1 saturated heterocycles. The van der Waals surface area contributed by atoms with Crippen LogP contribution in [0.25, 0.3) is 0 Å². The van der Waals surface area contributed by atoms with Gasteiger partial charge in [-0.3, -0.25) is 4.79 Å². The second-order valence-electron chi connectivity index (χ2n) is 4.92. The second-order valence-corrected chi connectivity index (χ2v) is 5.28. The molecule has 2 bridgehead atoms. The highest BCUT2D eigenvalue weighted by Gasteiger charge is 2.40. The summed E-state index contributed by atoms with van der Waals surface area (Å²) in [5.74, 6) is 0.179. The molecule has 3 unspecified atom stereocenters. The van der Waals surface area contributed by atoms with Crippen molar-refractivity contribution >= 4 is 17.5 Å². The lowest BCUT2D eigenvalue weighted by atomic mass is 10.0. The molecule has 1 saturated carbocycles. The highest BCUT2D eigenvalue weighted by atomic mass is 35.5. The number of amides is 1. The van der Waals surface area contributed by atoms with Crippen LogP contribution in [-0.2, 0) is 0 Å². The summed E-state index contributed by atoms with van der Waals surface area (Å²) in [6, 6.07) is 3.61. The van der Waals surface area contributed by atoms with Crippen LogP contribution < -0.4 is 10.6 Å². The zero-order chi connectivity index (χ0) is 12.7. The van der Waals surface area contributed by atoms with Crippen LogP contribution >= 0.6 is 11.6 Å². The highest BCUT2D eigenvalue weighted by molar-refractivity contribution is 6.30. The summed E-state index contributed by atoms with van der Waals surface area (Å²) >= 11 is 5.69.